The minimum absolute atomic E-state index is 0.00795. The summed E-state index contributed by atoms with van der Waals surface area (Å²) in [6, 6.07) is 0. The third kappa shape index (κ3) is 14.0. The zero-order chi connectivity index (χ0) is 11.4. The second-order valence-corrected chi connectivity index (χ2v) is 3.20. The number of carbonyl (C=O) groups excluding carboxylic acids is 1. The van der Waals surface area contributed by atoms with Gasteiger partial charge in [0.05, 0.1) is 0 Å². The van der Waals surface area contributed by atoms with Gasteiger partial charge in [0.15, 0.2) is 0 Å². The molecule has 0 amide bonds. The predicted octanol–water partition coefficient (Wildman–Crippen LogP) is 4.07. The van der Waals surface area contributed by atoms with Gasteiger partial charge in [-0.3, -0.25) is 4.79 Å². The van der Waals surface area contributed by atoms with Gasteiger partial charge in [-0.2, -0.15) is 0 Å². The summed E-state index contributed by atoms with van der Waals surface area (Å²) in [6.07, 6.45) is 3.51. The average Bonchev–Trinajstić information content (AvgIpc) is 2.16. The molecule has 80 valence electrons. The number of allylic oxidation sites excluding steroid dienone is 1. The van der Waals surface area contributed by atoms with E-state index in [0.29, 0.717) is 6.42 Å². The molecule has 0 aliphatic carbocycles. The molecule has 0 radical (unpaired) electrons. The molecule has 0 heterocycles. The van der Waals surface area contributed by atoms with E-state index >= 15 is 0 Å². The van der Waals surface area contributed by atoms with Gasteiger partial charge in [0.25, 0.3) is 0 Å². The Bertz CT molecular complexity index is 220. The zero-order valence-electron chi connectivity index (χ0n) is 9.32. The maximum atomic E-state index is 10.9. The van der Waals surface area contributed by atoms with Gasteiger partial charge < -0.3 is 0 Å². The first-order chi connectivity index (χ1) is 6.66. The van der Waals surface area contributed by atoms with Crippen molar-refractivity contribution in [2.75, 3.05) is 0 Å². The van der Waals surface area contributed by atoms with Crippen LogP contribution in [0.25, 0.3) is 0 Å². The van der Waals surface area contributed by atoms with Crippen LogP contribution in [-0.2, 0) is 4.79 Å². The SMILES string of the molecule is C=C(C)CCCCC(=O)C#CBr.CC. The Morgan fingerprint density at radius 1 is 1.29 bits per heavy atom. The summed E-state index contributed by atoms with van der Waals surface area (Å²) in [7, 11) is 0. The Kier molecular flexibility index (Phi) is 14.1. The van der Waals surface area contributed by atoms with Gasteiger partial charge in [-0.05, 0) is 36.9 Å². The van der Waals surface area contributed by atoms with Crippen LogP contribution in [0.2, 0.25) is 0 Å². The number of Topliss-reactive ketones (excluding diaryl/α,β-unsaturated/α-hetero) is 1. The molecule has 0 aromatic carbocycles. The number of unbranched alkanes of at least 4 members (excludes halogenated alkanes) is 1. The van der Waals surface area contributed by atoms with E-state index in [-0.39, 0.29) is 5.78 Å². The monoisotopic (exact) mass is 258 g/mol. The van der Waals surface area contributed by atoms with Gasteiger partial charge in [0.2, 0.25) is 5.78 Å². The molecular weight excluding hydrogens is 240 g/mol. The molecule has 0 aromatic rings. The van der Waals surface area contributed by atoms with Crippen molar-refractivity contribution in [3.8, 4) is 10.8 Å². The number of halogens is 1. The quantitative estimate of drug-likeness (QED) is 0.413. The van der Waals surface area contributed by atoms with Crippen molar-refractivity contribution in [1.29, 1.82) is 0 Å². The van der Waals surface area contributed by atoms with E-state index in [0.717, 1.165) is 19.3 Å². The summed E-state index contributed by atoms with van der Waals surface area (Å²) < 4.78 is 0. The Morgan fingerprint density at radius 3 is 2.21 bits per heavy atom. The lowest BCUT2D eigenvalue weighted by Gasteiger charge is -1.96. The molecule has 0 saturated heterocycles. The maximum Gasteiger partial charge on any atom is 0.206 e. The van der Waals surface area contributed by atoms with Crippen LogP contribution in [0, 0.1) is 10.8 Å². The van der Waals surface area contributed by atoms with Gasteiger partial charge in [0, 0.05) is 22.4 Å². The van der Waals surface area contributed by atoms with Crippen LogP contribution in [-0.4, -0.2) is 5.78 Å². The highest BCUT2D eigenvalue weighted by molar-refractivity contribution is 9.12. The van der Waals surface area contributed by atoms with Gasteiger partial charge in [0.1, 0.15) is 0 Å². The largest absolute Gasteiger partial charge is 0.285 e. The van der Waals surface area contributed by atoms with Gasteiger partial charge in [-0.15, -0.1) is 6.58 Å². The third-order valence-corrected chi connectivity index (χ3v) is 1.64. The highest BCUT2D eigenvalue weighted by atomic mass is 79.9. The molecule has 0 aromatic heterocycles. The lowest BCUT2D eigenvalue weighted by molar-refractivity contribution is -0.113. The number of hydrogen-bond acceptors (Lipinski definition) is 1. The second-order valence-electron chi connectivity index (χ2n) is 2.81. The van der Waals surface area contributed by atoms with Crippen LogP contribution in [0.3, 0.4) is 0 Å². The minimum atomic E-state index is 0.00795. The van der Waals surface area contributed by atoms with E-state index in [9.17, 15) is 4.79 Å². The van der Waals surface area contributed by atoms with Crippen molar-refractivity contribution in [2.24, 2.45) is 0 Å². The molecule has 2 heteroatoms. The number of hydrogen-bond donors (Lipinski definition) is 0. The van der Waals surface area contributed by atoms with E-state index in [1.54, 1.807) is 0 Å². The van der Waals surface area contributed by atoms with Crippen LogP contribution >= 0.6 is 15.9 Å². The summed E-state index contributed by atoms with van der Waals surface area (Å²) >= 11 is 2.89. The van der Waals surface area contributed by atoms with Crippen molar-refractivity contribution >= 4 is 21.7 Å². The Balaban J connectivity index is 0. The van der Waals surface area contributed by atoms with Gasteiger partial charge in [-0.25, -0.2) is 0 Å². The molecule has 14 heavy (non-hydrogen) atoms. The van der Waals surface area contributed by atoms with E-state index < -0.39 is 0 Å². The van der Waals surface area contributed by atoms with Gasteiger partial charge >= 0.3 is 0 Å². The fraction of sp³-hybridized carbons (Fsp3) is 0.583. The number of rotatable bonds is 5. The highest BCUT2D eigenvalue weighted by Crippen LogP contribution is 2.05. The zero-order valence-corrected chi connectivity index (χ0v) is 10.9. The number of ketones is 1. The standard InChI is InChI=1S/C10H13BrO.C2H6/c1-9(2)5-3-4-6-10(12)7-8-11;1-2/h1,3-6H2,2H3;1-2H3. The molecule has 0 rings (SSSR count). The van der Waals surface area contributed by atoms with Crippen LogP contribution in [0.15, 0.2) is 12.2 Å². The first-order valence-corrected chi connectivity index (χ1v) is 5.75. The van der Waals surface area contributed by atoms with Crippen molar-refractivity contribution in [1.82, 2.24) is 0 Å². The van der Waals surface area contributed by atoms with Crippen LogP contribution in [0.5, 0.6) is 0 Å². The lowest BCUT2D eigenvalue weighted by atomic mass is 10.1. The average molecular weight is 259 g/mol. The van der Waals surface area contributed by atoms with E-state index in [4.69, 9.17) is 0 Å². The first kappa shape index (κ1) is 15.9. The second kappa shape index (κ2) is 12.4. The van der Waals surface area contributed by atoms with Crippen molar-refractivity contribution in [3.63, 3.8) is 0 Å². The Morgan fingerprint density at radius 2 is 1.79 bits per heavy atom. The first-order valence-electron chi connectivity index (χ1n) is 4.95. The molecule has 0 atom stereocenters. The normalized spacial score (nSPS) is 7.71. The summed E-state index contributed by atoms with van der Waals surface area (Å²) in [5, 5.41) is 0. The summed E-state index contributed by atoms with van der Waals surface area (Å²) in [4.78, 5) is 13.3. The van der Waals surface area contributed by atoms with Crippen molar-refractivity contribution in [2.45, 2.75) is 46.5 Å². The fourth-order valence-electron chi connectivity index (χ4n) is 0.828. The highest BCUT2D eigenvalue weighted by Gasteiger charge is 1.96. The topological polar surface area (TPSA) is 17.1 Å². The van der Waals surface area contributed by atoms with Crippen molar-refractivity contribution in [3.05, 3.63) is 12.2 Å². The molecule has 0 saturated carbocycles. The Hall–Kier alpha value is -0.550. The summed E-state index contributed by atoms with van der Waals surface area (Å²) in [5.41, 5.74) is 1.18. The molecule has 0 fully saturated rings. The molecule has 0 spiro atoms. The Labute approximate surface area is 96.1 Å². The van der Waals surface area contributed by atoms with E-state index in [2.05, 4.69) is 33.3 Å². The molecular formula is C12H19BrO. The number of carbonyl (C=O) groups is 1. The molecule has 0 aliphatic rings. The predicted molar refractivity (Wildman–Crippen MR) is 66.3 cm³/mol. The summed E-state index contributed by atoms with van der Waals surface area (Å²) in [5.74, 6) is 2.45. The molecule has 0 N–H and O–H groups in total. The lowest BCUT2D eigenvalue weighted by Crippen LogP contribution is -1.92. The van der Waals surface area contributed by atoms with Gasteiger partial charge in [-0.1, -0.05) is 19.4 Å². The molecule has 0 bridgehead atoms. The van der Waals surface area contributed by atoms with Crippen LogP contribution in [0.4, 0.5) is 0 Å². The van der Waals surface area contributed by atoms with Crippen molar-refractivity contribution < 1.29 is 4.79 Å². The van der Waals surface area contributed by atoms with E-state index in [1.165, 1.54) is 5.57 Å². The molecule has 0 unspecified atom stereocenters. The molecule has 1 nitrogen and oxygen atoms in total. The minimum Gasteiger partial charge on any atom is -0.285 e. The van der Waals surface area contributed by atoms with E-state index in [1.807, 2.05) is 20.8 Å². The third-order valence-electron chi connectivity index (χ3n) is 1.44. The maximum absolute atomic E-state index is 10.9. The smallest absolute Gasteiger partial charge is 0.206 e. The van der Waals surface area contributed by atoms with Crippen LogP contribution < -0.4 is 0 Å². The van der Waals surface area contributed by atoms with Crippen LogP contribution in [0.1, 0.15) is 46.5 Å². The molecule has 0 aliphatic heterocycles. The fourth-order valence-corrected chi connectivity index (χ4v) is 1.05. The summed E-state index contributed by atoms with van der Waals surface area (Å²) in [6.45, 7) is 9.79.